The molecule has 1 N–H and O–H groups in total. The lowest BCUT2D eigenvalue weighted by Gasteiger charge is -2.22. The lowest BCUT2D eigenvalue weighted by molar-refractivity contribution is 0.373. The van der Waals surface area contributed by atoms with Crippen LogP contribution in [0.4, 0.5) is 5.69 Å². The molecule has 0 radical (unpaired) electrons. The Morgan fingerprint density at radius 3 is 2.69 bits per heavy atom. The molecule has 0 saturated heterocycles. The molecule has 16 heavy (non-hydrogen) atoms. The predicted molar refractivity (Wildman–Crippen MR) is 79.2 cm³/mol. The van der Waals surface area contributed by atoms with Gasteiger partial charge in [0.05, 0.1) is 0 Å². The Hall–Kier alpha value is 0.0400. The first-order valence-corrected chi connectivity index (χ1v) is 7.40. The minimum absolute atomic E-state index is 0.813. The molecule has 0 heterocycles. The standard InChI is InChI=1S/C13H17ClIN/c14-11-6-7-13(12(15)8-11)16-9-10-4-2-1-3-5-10/h6-8,10,16H,1-5,9H2. The summed E-state index contributed by atoms with van der Waals surface area (Å²) in [5.74, 6) is 0.861. The molecule has 1 aliphatic rings. The highest BCUT2D eigenvalue weighted by molar-refractivity contribution is 14.1. The fourth-order valence-electron chi connectivity index (χ4n) is 2.28. The van der Waals surface area contributed by atoms with E-state index in [2.05, 4.69) is 34.0 Å². The van der Waals surface area contributed by atoms with Crippen molar-refractivity contribution in [2.24, 2.45) is 5.92 Å². The molecule has 0 unspecified atom stereocenters. The summed E-state index contributed by atoms with van der Waals surface area (Å²) >= 11 is 8.27. The van der Waals surface area contributed by atoms with Crippen molar-refractivity contribution in [2.45, 2.75) is 32.1 Å². The van der Waals surface area contributed by atoms with Gasteiger partial charge in [0.15, 0.2) is 0 Å². The van der Waals surface area contributed by atoms with E-state index >= 15 is 0 Å². The summed E-state index contributed by atoms with van der Waals surface area (Å²) < 4.78 is 1.21. The van der Waals surface area contributed by atoms with Gasteiger partial charge in [-0.1, -0.05) is 30.9 Å². The van der Waals surface area contributed by atoms with E-state index in [-0.39, 0.29) is 0 Å². The zero-order chi connectivity index (χ0) is 11.4. The number of halogens is 2. The Bertz CT molecular complexity index is 348. The number of benzene rings is 1. The largest absolute Gasteiger partial charge is 0.384 e. The smallest absolute Gasteiger partial charge is 0.0477 e. The predicted octanol–water partition coefficient (Wildman–Crippen LogP) is 4.94. The molecule has 0 bridgehead atoms. The van der Waals surface area contributed by atoms with Crippen LogP contribution in [0, 0.1) is 9.49 Å². The highest BCUT2D eigenvalue weighted by atomic mass is 127. The molecule has 1 saturated carbocycles. The van der Waals surface area contributed by atoms with Crippen LogP contribution in [0.15, 0.2) is 18.2 Å². The molecule has 0 aromatic heterocycles. The van der Waals surface area contributed by atoms with E-state index in [0.717, 1.165) is 17.5 Å². The number of hydrogen-bond donors (Lipinski definition) is 1. The van der Waals surface area contributed by atoms with Crippen LogP contribution in [0.25, 0.3) is 0 Å². The van der Waals surface area contributed by atoms with Gasteiger partial charge in [0, 0.05) is 20.8 Å². The Kier molecular flexibility index (Phi) is 4.77. The quantitative estimate of drug-likeness (QED) is 0.762. The van der Waals surface area contributed by atoms with E-state index in [0.29, 0.717) is 0 Å². The maximum atomic E-state index is 5.93. The van der Waals surface area contributed by atoms with Crippen molar-refractivity contribution in [3.8, 4) is 0 Å². The van der Waals surface area contributed by atoms with Crippen molar-refractivity contribution in [3.63, 3.8) is 0 Å². The van der Waals surface area contributed by atoms with Gasteiger partial charge in [-0.05, 0) is 59.5 Å². The lowest BCUT2D eigenvalue weighted by Crippen LogP contribution is -2.17. The van der Waals surface area contributed by atoms with Crippen LogP contribution in [0.3, 0.4) is 0 Å². The summed E-state index contributed by atoms with van der Waals surface area (Å²) in [7, 11) is 0. The third-order valence-corrected chi connectivity index (χ3v) is 4.36. The highest BCUT2D eigenvalue weighted by Crippen LogP contribution is 2.26. The zero-order valence-electron chi connectivity index (χ0n) is 9.31. The minimum Gasteiger partial charge on any atom is -0.384 e. The van der Waals surface area contributed by atoms with Gasteiger partial charge in [0.1, 0.15) is 0 Å². The Morgan fingerprint density at radius 2 is 2.00 bits per heavy atom. The molecule has 0 amide bonds. The number of nitrogens with one attached hydrogen (secondary N) is 1. The van der Waals surface area contributed by atoms with Gasteiger partial charge in [0.2, 0.25) is 0 Å². The van der Waals surface area contributed by atoms with E-state index in [1.807, 2.05) is 12.1 Å². The van der Waals surface area contributed by atoms with Crippen molar-refractivity contribution in [1.29, 1.82) is 0 Å². The van der Waals surface area contributed by atoms with Gasteiger partial charge in [0.25, 0.3) is 0 Å². The molecule has 1 aliphatic carbocycles. The summed E-state index contributed by atoms with van der Waals surface area (Å²) in [6.45, 7) is 1.11. The molecule has 2 rings (SSSR count). The van der Waals surface area contributed by atoms with E-state index in [9.17, 15) is 0 Å². The third kappa shape index (κ3) is 3.52. The topological polar surface area (TPSA) is 12.0 Å². The molecule has 1 fully saturated rings. The Morgan fingerprint density at radius 1 is 1.25 bits per heavy atom. The molecule has 1 nitrogen and oxygen atoms in total. The first kappa shape index (κ1) is 12.5. The zero-order valence-corrected chi connectivity index (χ0v) is 12.2. The van der Waals surface area contributed by atoms with Crippen LogP contribution in [0.5, 0.6) is 0 Å². The number of rotatable bonds is 3. The van der Waals surface area contributed by atoms with Crippen LogP contribution in [-0.4, -0.2) is 6.54 Å². The third-order valence-electron chi connectivity index (χ3n) is 3.24. The summed E-state index contributed by atoms with van der Waals surface area (Å²) in [4.78, 5) is 0. The van der Waals surface area contributed by atoms with Gasteiger partial charge in [-0.15, -0.1) is 0 Å². The SMILES string of the molecule is Clc1ccc(NCC2CCCCC2)c(I)c1. The van der Waals surface area contributed by atoms with E-state index < -0.39 is 0 Å². The fraction of sp³-hybridized carbons (Fsp3) is 0.538. The van der Waals surface area contributed by atoms with Gasteiger partial charge in [-0.2, -0.15) is 0 Å². The van der Waals surface area contributed by atoms with Gasteiger partial charge in [-0.25, -0.2) is 0 Å². The normalized spacial score (nSPS) is 17.4. The van der Waals surface area contributed by atoms with Crippen LogP contribution in [-0.2, 0) is 0 Å². The monoisotopic (exact) mass is 349 g/mol. The van der Waals surface area contributed by atoms with E-state index in [1.165, 1.54) is 41.4 Å². The Balaban J connectivity index is 1.88. The molecule has 0 aliphatic heterocycles. The average Bonchev–Trinajstić information content (AvgIpc) is 2.29. The molecule has 3 heteroatoms. The second-order valence-corrected chi connectivity index (χ2v) is 6.11. The molecule has 1 aromatic carbocycles. The first-order valence-electron chi connectivity index (χ1n) is 5.94. The van der Waals surface area contributed by atoms with Crippen LogP contribution in [0.2, 0.25) is 5.02 Å². The molecular weight excluding hydrogens is 333 g/mol. The van der Waals surface area contributed by atoms with E-state index in [1.54, 1.807) is 0 Å². The van der Waals surface area contributed by atoms with Gasteiger partial charge < -0.3 is 5.32 Å². The van der Waals surface area contributed by atoms with Crippen molar-refractivity contribution in [2.75, 3.05) is 11.9 Å². The van der Waals surface area contributed by atoms with Crippen molar-refractivity contribution in [1.82, 2.24) is 0 Å². The highest BCUT2D eigenvalue weighted by Gasteiger charge is 2.13. The second kappa shape index (κ2) is 6.10. The minimum atomic E-state index is 0.813. The maximum Gasteiger partial charge on any atom is 0.0477 e. The Labute approximate surface area is 116 Å². The van der Waals surface area contributed by atoms with Crippen molar-refractivity contribution in [3.05, 3.63) is 26.8 Å². The molecule has 0 atom stereocenters. The summed E-state index contributed by atoms with van der Waals surface area (Å²) in [5.41, 5.74) is 1.22. The van der Waals surface area contributed by atoms with E-state index in [4.69, 9.17) is 11.6 Å². The van der Waals surface area contributed by atoms with Crippen LogP contribution >= 0.6 is 34.2 Å². The van der Waals surface area contributed by atoms with Crippen LogP contribution < -0.4 is 5.32 Å². The second-order valence-electron chi connectivity index (χ2n) is 4.51. The maximum absolute atomic E-state index is 5.93. The molecule has 1 aromatic rings. The molecular formula is C13H17ClIN. The summed E-state index contributed by atoms with van der Waals surface area (Å²) in [6, 6.07) is 6.03. The van der Waals surface area contributed by atoms with Gasteiger partial charge in [-0.3, -0.25) is 0 Å². The molecule has 88 valence electrons. The first-order chi connectivity index (χ1) is 7.75. The number of anilines is 1. The van der Waals surface area contributed by atoms with Gasteiger partial charge >= 0.3 is 0 Å². The molecule has 0 spiro atoms. The van der Waals surface area contributed by atoms with Crippen molar-refractivity contribution < 1.29 is 0 Å². The summed E-state index contributed by atoms with van der Waals surface area (Å²) in [6.07, 6.45) is 7.01. The number of hydrogen-bond acceptors (Lipinski definition) is 1. The van der Waals surface area contributed by atoms with Crippen molar-refractivity contribution >= 4 is 39.9 Å². The average molecular weight is 350 g/mol. The summed E-state index contributed by atoms with van der Waals surface area (Å²) in [5, 5.41) is 4.36. The van der Waals surface area contributed by atoms with Crippen LogP contribution in [0.1, 0.15) is 32.1 Å². The fourth-order valence-corrected chi connectivity index (χ4v) is 3.34. The lowest BCUT2D eigenvalue weighted by atomic mass is 9.89.